The summed E-state index contributed by atoms with van der Waals surface area (Å²) in [6.45, 7) is 5.75. The van der Waals surface area contributed by atoms with Crippen LogP contribution in [0.15, 0.2) is 24.3 Å². The molecule has 0 radical (unpaired) electrons. The number of fused-ring (bicyclic) bond motifs is 1. The number of hydrogen-bond acceptors (Lipinski definition) is 3. The molecule has 0 aliphatic carbocycles. The molecule has 3 nitrogen and oxygen atoms in total. The Balaban J connectivity index is 1.69. The summed E-state index contributed by atoms with van der Waals surface area (Å²) >= 11 is 0. The SMILES string of the molecule is CC1CN(CC2CCOc3ccccc32)CCC1=O. The largest absolute Gasteiger partial charge is 0.493 e. The van der Waals surface area contributed by atoms with Gasteiger partial charge in [0, 0.05) is 37.9 Å². The summed E-state index contributed by atoms with van der Waals surface area (Å²) in [7, 11) is 0. The second-order valence-corrected chi connectivity index (χ2v) is 5.75. The van der Waals surface area contributed by atoms with Crippen LogP contribution >= 0.6 is 0 Å². The van der Waals surface area contributed by atoms with Crippen molar-refractivity contribution in [3.63, 3.8) is 0 Å². The minimum atomic E-state index is 0.198. The maximum atomic E-state index is 11.6. The van der Waals surface area contributed by atoms with E-state index in [4.69, 9.17) is 4.74 Å². The number of ether oxygens (including phenoxy) is 1. The van der Waals surface area contributed by atoms with Gasteiger partial charge in [-0.2, -0.15) is 0 Å². The topological polar surface area (TPSA) is 29.5 Å². The minimum absolute atomic E-state index is 0.198. The fourth-order valence-corrected chi connectivity index (χ4v) is 3.18. The van der Waals surface area contributed by atoms with Crippen LogP contribution in [-0.4, -0.2) is 36.9 Å². The van der Waals surface area contributed by atoms with Crippen LogP contribution in [0.3, 0.4) is 0 Å². The molecule has 2 atom stereocenters. The normalized spacial score (nSPS) is 27.7. The van der Waals surface area contributed by atoms with Gasteiger partial charge in [0.15, 0.2) is 0 Å². The number of para-hydroxylation sites is 1. The zero-order valence-electron chi connectivity index (χ0n) is 11.5. The number of nitrogens with zero attached hydrogens (tertiary/aromatic N) is 1. The van der Waals surface area contributed by atoms with Gasteiger partial charge in [-0.1, -0.05) is 25.1 Å². The van der Waals surface area contributed by atoms with Gasteiger partial charge in [-0.3, -0.25) is 4.79 Å². The van der Waals surface area contributed by atoms with Gasteiger partial charge in [-0.25, -0.2) is 0 Å². The van der Waals surface area contributed by atoms with Gasteiger partial charge in [0.2, 0.25) is 0 Å². The highest BCUT2D eigenvalue weighted by Crippen LogP contribution is 2.34. The smallest absolute Gasteiger partial charge is 0.138 e. The molecule has 19 heavy (non-hydrogen) atoms. The summed E-state index contributed by atoms with van der Waals surface area (Å²) < 4.78 is 5.71. The lowest BCUT2D eigenvalue weighted by atomic mass is 9.91. The number of piperidine rings is 1. The number of Topliss-reactive ketones (excluding diaryl/α,β-unsaturated/α-hetero) is 1. The summed E-state index contributed by atoms with van der Waals surface area (Å²) in [4.78, 5) is 14.0. The van der Waals surface area contributed by atoms with Crippen molar-refractivity contribution >= 4 is 5.78 Å². The Bertz CT molecular complexity index is 472. The van der Waals surface area contributed by atoms with Gasteiger partial charge >= 0.3 is 0 Å². The molecule has 2 aliphatic rings. The molecule has 2 unspecified atom stereocenters. The van der Waals surface area contributed by atoms with Crippen LogP contribution in [0.5, 0.6) is 5.75 Å². The standard InChI is InChI=1S/C16H21NO2/c1-12-10-17(8-6-15(12)18)11-13-7-9-19-16-5-3-2-4-14(13)16/h2-5,12-13H,6-11H2,1H3. The second kappa shape index (κ2) is 5.33. The number of benzene rings is 1. The molecule has 0 aromatic heterocycles. The van der Waals surface area contributed by atoms with Crippen molar-refractivity contribution in [3.05, 3.63) is 29.8 Å². The highest BCUT2D eigenvalue weighted by molar-refractivity contribution is 5.81. The van der Waals surface area contributed by atoms with Crippen molar-refractivity contribution in [3.8, 4) is 5.75 Å². The van der Waals surface area contributed by atoms with Crippen LogP contribution < -0.4 is 4.74 Å². The highest BCUT2D eigenvalue weighted by atomic mass is 16.5. The Hall–Kier alpha value is -1.35. The molecule has 0 N–H and O–H groups in total. The van der Waals surface area contributed by atoms with Crippen molar-refractivity contribution in [2.45, 2.75) is 25.7 Å². The van der Waals surface area contributed by atoms with E-state index in [1.807, 2.05) is 13.0 Å². The molecule has 102 valence electrons. The van der Waals surface area contributed by atoms with Crippen molar-refractivity contribution in [1.29, 1.82) is 0 Å². The Kier molecular flexibility index (Phi) is 3.56. The van der Waals surface area contributed by atoms with Gasteiger partial charge in [0.1, 0.15) is 11.5 Å². The van der Waals surface area contributed by atoms with Crippen LogP contribution in [0.1, 0.15) is 31.2 Å². The van der Waals surface area contributed by atoms with Crippen LogP contribution in [0.2, 0.25) is 0 Å². The van der Waals surface area contributed by atoms with E-state index in [1.54, 1.807) is 0 Å². The third-order valence-electron chi connectivity index (χ3n) is 4.32. The Morgan fingerprint density at radius 1 is 1.37 bits per heavy atom. The van der Waals surface area contributed by atoms with Crippen molar-refractivity contribution in [2.75, 3.05) is 26.2 Å². The van der Waals surface area contributed by atoms with Crippen LogP contribution in [0, 0.1) is 5.92 Å². The van der Waals surface area contributed by atoms with Gasteiger partial charge in [0.25, 0.3) is 0 Å². The third kappa shape index (κ3) is 2.66. The van der Waals surface area contributed by atoms with E-state index < -0.39 is 0 Å². The summed E-state index contributed by atoms with van der Waals surface area (Å²) in [5, 5.41) is 0. The fourth-order valence-electron chi connectivity index (χ4n) is 3.18. The molecule has 0 saturated carbocycles. The lowest BCUT2D eigenvalue weighted by molar-refractivity contribution is -0.125. The van der Waals surface area contributed by atoms with Gasteiger partial charge in [0.05, 0.1) is 6.61 Å². The first-order chi connectivity index (χ1) is 9.24. The predicted octanol–water partition coefficient (Wildman–Crippen LogP) is 2.46. The number of carbonyl (C=O) groups excluding carboxylic acids is 1. The average molecular weight is 259 g/mol. The lowest BCUT2D eigenvalue weighted by Crippen LogP contribution is -2.42. The van der Waals surface area contributed by atoms with E-state index >= 15 is 0 Å². The van der Waals surface area contributed by atoms with Gasteiger partial charge in [-0.05, 0) is 18.1 Å². The summed E-state index contributed by atoms with van der Waals surface area (Å²) in [5.74, 6) is 2.21. The number of rotatable bonds is 2. The van der Waals surface area contributed by atoms with E-state index in [9.17, 15) is 4.79 Å². The molecule has 0 bridgehead atoms. The summed E-state index contributed by atoms with van der Waals surface area (Å²) in [5.41, 5.74) is 1.33. The number of hydrogen-bond donors (Lipinski definition) is 0. The first-order valence-corrected chi connectivity index (χ1v) is 7.21. The molecule has 3 heteroatoms. The molecular weight excluding hydrogens is 238 g/mol. The quantitative estimate of drug-likeness (QED) is 0.817. The minimum Gasteiger partial charge on any atom is -0.493 e. The Morgan fingerprint density at radius 2 is 2.21 bits per heavy atom. The van der Waals surface area contributed by atoms with E-state index in [2.05, 4.69) is 23.1 Å². The summed E-state index contributed by atoms with van der Waals surface area (Å²) in [6.07, 6.45) is 1.79. The first kappa shape index (κ1) is 12.7. The van der Waals surface area contributed by atoms with Gasteiger partial charge in [-0.15, -0.1) is 0 Å². The molecule has 2 heterocycles. The molecule has 0 amide bonds. The van der Waals surface area contributed by atoms with E-state index in [1.165, 1.54) is 5.56 Å². The van der Waals surface area contributed by atoms with Crippen LogP contribution in [-0.2, 0) is 4.79 Å². The van der Waals surface area contributed by atoms with E-state index in [0.29, 0.717) is 18.1 Å². The maximum Gasteiger partial charge on any atom is 0.138 e. The monoisotopic (exact) mass is 259 g/mol. The zero-order valence-corrected chi connectivity index (χ0v) is 11.5. The molecule has 1 aromatic rings. The van der Waals surface area contributed by atoms with E-state index in [-0.39, 0.29) is 5.92 Å². The molecule has 2 aliphatic heterocycles. The van der Waals surface area contributed by atoms with E-state index in [0.717, 1.165) is 38.4 Å². The summed E-state index contributed by atoms with van der Waals surface area (Å²) in [6, 6.07) is 8.35. The van der Waals surface area contributed by atoms with Crippen molar-refractivity contribution < 1.29 is 9.53 Å². The molecule has 1 fully saturated rings. The van der Waals surface area contributed by atoms with Crippen molar-refractivity contribution in [1.82, 2.24) is 4.90 Å². The molecule has 3 rings (SSSR count). The number of likely N-dealkylation sites (tertiary alicyclic amines) is 1. The van der Waals surface area contributed by atoms with Crippen molar-refractivity contribution in [2.24, 2.45) is 5.92 Å². The number of ketones is 1. The zero-order chi connectivity index (χ0) is 13.2. The van der Waals surface area contributed by atoms with Gasteiger partial charge < -0.3 is 9.64 Å². The van der Waals surface area contributed by atoms with Crippen LogP contribution in [0.25, 0.3) is 0 Å². The fraction of sp³-hybridized carbons (Fsp3) is 0.562. The lowest BCUT2D eigenvalue weighted by Gasteiger charge is -2.35. The Labute approximate surface area is 114 Å². The molecule has 0 spiro atoms. The third-order valence-corrected chi connectivity index (χ3v) is 4.32. The Morgan fingerprint density at radius 3 is 3.05 bits per heavy atom. The molecule has 1 aromatic carbocycles. The van der Waals surface area contributed by atoms with Crippen LogP contribution in [0.4, 0.5) is 0 Å². The molecule has 1 saturated heterocycles. The number of carbonyl (C=O) groups is 1. The highest BCUT2D eigenvalue weighted by Gasteiger charge is 2.28. The first-order valence-electron chi connectivity index (χ1n) is 7.21. The molecular formula is C16H21NO2. The maximum absolute atomic E-state index is 11.6. The predicted molar refractivity (Wildman–Crippen MR) is 74.5 cm³/mol. The average Bonchev–Trinajstić information content (AvgIpc) is 2.43. The second-order valence-electron chi connectivity index (χ2n) is 5.75.